The molecule has 0 saturated carbocycles. The summed E-state index contributed by atoms with van der Waals surface area (Å²) in [5.41, 5.74) is 1.73. The molecule has 2 N–H and O–H groups in total. The van der Waals surface area contributed by atoms with Crippen LogP contribution in [0, 0.1) is 6.92 Å². The zero-order valence-electron chi connectivity index (χ0n) is 18.8. The summed E-state index contributed by atoms with van der Waals surface area (Å²) in [6, 6.07) is 26.0. The van der Waals surface area contributed by atoms with Crippen molar-refractivity contribution in [2.24, 2.45) is 0 Å². The summed E-state index contributed by atoms with van der Waals surface area (Å²) in [4.78, 5) is 13.6. The summed E-state index contributed by atoms with van der Waals surface area (Å²) in [5.74, 6) is -0.589. The molecule has 0 aromatic heterocycles. The lowest BCUT2D eigenvalue weighted by atomic mass is 10.00. The number of carbonyl (C=O) groups excluding carboxylic acids is 1. The lowest BCUT2D eigenvalue weighted by Crippen LogP contribution is -2.59. The van der Waals surface area contributed by atoms with E-state index in [1.165, 1.54) is 11.8 Å². The topological polar surface area (TPSA) is 85.2 Å². The molecule has 178 valence electrons. The first-order chi connectivity index (χ1) is 16.5. The van der Waals surface area contributed by atoms with Gasteiger partial charge in [-0.05, 0) is 36.8 Å². The van der Waals surface area contributed by atoms with Crippen LogP contribution in [0.2, 0.25) is 0 Å². The van der Waals surface area contributed by atoms with Crippen molar-refractivity contribution in [2.75, 3.05) is 6.61 Å². The van der Waals surface area contributed by atoms with Gasteiger partial charge in [0.2, 0.25) is 0 Å². The average Bonchev–Trinajstić information content (AvgIpc) is 2.87. The number of ether oxygens (including phenoxy) is 3. The standard InChI is InChI=1S/C27H28O6S/c1-18-12-14-21(15-13-18)34-27-25(33-26(30)20-10-6-3-7-11-20)24(29)23(28)22(32-27)17-31-16-19-8-4-2-5-9-19/h2-15,22-25,27-29H,16-17H2,1H3. The Bertz CT molecular complexity index is 1040. The number of aliphatic hydroxyl groups is 2. The lowest BCUT2D eigenvalue weighted by molar-refractivity contribution is -0.210. The van der Waals surface area contributed by atoms with Crippen LogP contribution in [-0.2, 0) is 20.8 Å². The van der Waals surface area contributed by atoms with Gasteiger partial charge in [-0.2, -0.15) is 0 Å². The fourth-order valence-corrected chi connectivity index (χ4v) is 4.76. The molecule has 1 aliphatic rings. The van der Waals surface area contributed by atoms with Crippen molar-refractivity contribution in [1.82, 2.24) is 0 Å². The maximum Gasteiger partial charge on any atom is 0.338 e. The van der Waals surface area contributed by atoms with Crippen LogP contribution in [0.15, 0.2) is 89.8 Å². The molecule has 0 bridgehead atoms. The van der Waals surface area contributed by atoms with E-state index in [0.717, 1.165) is 16.0 Å². The molecule has 5 unspecified atom stereocenters. The van der Waals surface area contributed by atoms with E-state index in [9.17, 15) is 15.0 Å². The summed E-state index contributed by atoms with van der Waals surface area (Å²) in [5, 5.41) is 21.7. The molecular formula is C27H28O6S. The predicted octanol–water partition coefficient (Wildman–Crippen LogP) is 3.98. The van der Waals surface area contributed by atoms with Crippen molar-refractivity contribution in [3.63, 3.8) is 0 Å². The summed E-state index contributed by atoms with van der Waals surface area (Å²) < 4.78 is 17.6. The van der Waals surface area contributed by atoms with Crippen molar-refractivity contribution >= 4 is 17.7 Å². The van der Waals surface area contributed by atoms with E-state index in [1.54, 1.807) is 30.3 Å². The highest BCUT2D eigenvalue weighted by atomic mass is 32.2. The Labute approximate surface area is 203 Å². The van der Waals surface area contributed by atoms with Crippen LogP contribution in [0.25, 0.3) is 0 Å². The Morgan fingerprint density at radius 1 is 0.912 bits per heavy atom. The van der Waals surface area contributed by atoms with Crippen LogP contribution in [0.1, 0.15) is 21.5 Å². The largest absolute Gasteiger partial charge is 0.452 e. The minimum absolute atomic E-state index is 0.0808. The van der Waals surface area contributed by atoms with Gasteiger partial charge in [0.25, 0.3) is 0 Å². The van der Waals surface area contributed by atoms with Gasteiger partial charge in [-0.3, -0.25) is 0 Å². The average molecular weight is 481 g/mol. The summed E-state index contributed by atoms with van der Waals surface area (Å²) >= 11 is 1.33. The summed E-state index contributed by atoms with van der Waals surface area (Å²) in [6.07, 6.45) is -4.47. The fourth-order valence-electron chi connectivity index (χ4n) is 3.65. The monoisotopic (exact) mass is 480 g/mol. The van der Waals surface area contributed by atoms with Crippen LogP contribution >= 0.6 is 11.8 Å². The van der Waals surface area contributed by atoms with Gasteiger partial charge in [-0.1, -0.05) is 78.0 Å². The van der Waals surface area contributed by atoms with Crippen molar-refractivity contribution < 1.29 is 29.2 Å². The first-order valence-corrected chi connectivity index (χ1v) is 12.0. The van der Waals surface area contributed by atoms with E-state index in [2.05, 4.69) is 0 Å². The fraction of sp³-hybridized carbons (Fsp3) is 0.296. The Kier molecular flexibility index (Phi) is 8.37. The minimum Gasteiger partial charge on any atom is -0.452 e. The van der Waals surface area contributed by atoms with E-state index in [0.29, 0.717) is 12.2 Å². The molecule has 34 heavy (non-hydrogen) atoms. The second-order valence-electron chi connectivity index (χ2n) is 8.19. The van der Waals surface area contributed by atoms with Crippen molar-refractivity contribution in [3.05, 3.63) is 102 Å². The van der Waals surface area contributed by atoms with Crippen molar-refractivity contribution in [3.8, 4) is 0 Å². The summed E-state index contributed by atoms with van der Waals surface area (Å²) in [7, 11) is 0. The number of hydrogen-bond donors (Lipinski definition) is 2. The minimum atomic E-state index is -1.34. The molecule has 0 aliphatic carbocycles. The molecule has 1 saturated heterocycles. The molecule has 1 fully saturated rings. The third kappa shape index (κ3) is 6.25. The maximum atomic E-state index is 12.7. The lowest BCUT2D eigenvalue weighted by Gasteiger charge is -2.41. The molecule has 0 spiro atoms. The maximum absolute atomic E-state index is 12.7. The van der Waals surface area contributed by atoms with Crippen LogP contribution in [0.4, 0.5) is 0 Å². The van der Waals surface area contributed by atoms with Gasteiger partial charge in [-0.15, -0.1) is 0 Å². The number of hydrogen-bond acceptors (Lipinski definition) is 7. The Hall–Kier alpha value is -2.68. The van der Waals surface area contributed by atoms with Gasteiger partial charge in [0.05, 0.1) is 18.8 Å². The van der Waals surface area contributed by atoms with Gasteiger partial charge in [0.1, 0.15) is 23.7 Å². The third-order valence-electron chi connectivity index (χ3n) is 5.56. The molecule has 0 amide bonds. The molecular weight excluding hydrogens is 452 g/mol. The van der Waals surface area contributed by atoms with Crippen LogP contribution in [-0.4, -0.2) is 52.6 Å². The first-order valence-electron chi connectivity index (χ1n) is 11.1. The van der Waals surface area contributed by atoms with Gasteiger partial charge in [-0.25, -0.2) is 4.79 Å². The molecule has 3 aromatic rings. The van der Waals surface area contributed by atoms with E-state index < -0.39 is 35.8 Å². The van der Waals surface area contributed by atoms with Gasteiger partial charge in [0, 0.05) is 4.90 Å². The number of aliphatic hydroxyl groups excluding tert-OH is 2. The number of aryl methyl sites for hydroxylation is 1. The number of benzene rings is 3. The number of thioether (sulfide) groups is 1. The Morgan fingerprint density at radius 2 is 1.56 bits per heavy atom. The van der Waals surface area contributed by atoms with E-state index >= 15 is 0 Å². The number of esters is 1. The Balaban J connectivity index is 1.48. The van der Waals surface area contributed by atoms with Crippen LogP contribution in [0.5, 0.6) is 0 Å². The van der Waals surface area contributed by atoms with E-state index in [4.69, 9.17) is 14.2 Å². The highest BCUT2D eigenvalue weighted by Gasteiger charge is 2.47. The highest BCUT2D eigenvalue weighted by Crippen LogP contribution is 2.35. The Morgan fingerprint density at radius 3 is 2.24 bits per heavy atom. The van der Waals surface area contributed by atoms with Crippen molar-refractivity contribution in [1.29, 1.82) is 0 Å². The van der Waals surface area contributed by atoms with Gasteiger partial charge in [0.15, 0.2) is 6.10 Å². The SMILES string of the molecule is Cc1ccc(SC2OC(COCc3ccccc3)C(O)C(O)C2OC(=O)c2ccccc2)cc1. The van der Waals surface area contributed by atoms with E-state index in [-0.39, 0.29) is 6.61 Å². The van der Waals surface area contributed by atoms with Gasteiger partial charge < -0.3 is 24.4 Å². The molecule has 5 atom stereocenters. The number of rotatable bonds is 8. The second kappa shape index (κ2) is 11.6. The summed E-state index contributed by atoms with van der Waals surface area (Å²) in [6.45, 7) is 2.43. The quantitative estimate of drug-likeness (QED) is 0.472. The zero-order valence-corrected chi connectivity index (χ0v) is 19.6. The number of carbonyl (C=O) groups is 1. The third-order valence-corrected chi connectivity index (χ3v) is 6.72. The first kappa shape index (κ1) is 24.4. The molecule has 4 rings (SSSR count). The van der Waals surface area contributed by atoms with Crippen LogP contribution < -0.4 is 0 Å². The van der Waals surface area contributed by atoms with Gasteiger partial charge >= 0.3 is 5.97 Å². The molecule has 1 aliphatic heterocycles. The van der Waals surface area contributed by atoms with Crippen LogP contribution in [0.3, 0.4) is 0 Å². The second-order valence-corrected chi connectivity index (χ2v) is 9.36. The normalized spacial score (nSPS) is 24.5. The predicted molar refractivity (Wildman–Crippen MR) is 129 cm³/mol. The molecule has 7 heteroatoms. The molecule has 1 heterocycles. The van der Waals surface area contributed by atoms with Crippen molar-refractivity contribution in [2.45, 2.75) is 48.3 Å². The van der Waals surface area contributed by atoms with E-state index in [1.807, 2.05) is 61.5 Å². The highest BCUT2D eigenvalue weighted by molar-refractivity contribution is 7.99. The smallest absolute Gasteiger partial charge is 0.338 e. The molecule has 0 radical (unpaired) electrons. The zero-order chi connectivity index (χ0) is 23.9. The molecule has 3 aromatic carbocycles. The molecule has 6 nitrogen and oxygen atoms in total.